The maximum absolute atomic E-state index is 12.2. The number of hydrogen-bond acceptors (Lipinski definition) is 6. The van der Waals surface area contributed by atoms with Crippen molar-refractivity contribution in [2.24, 2.45) is 4.99 Å². The van der Waals surface area contributed by atoms with Crippen LogP contribution in [0.4, 0.5) is 0 Å². The molecule has 2 heterocycles. The first-order chi connectivity index (χ1) is 12.0. The molecule has 25 heavy (non-hydrogen) atoms. The molecule has 0 saturated carbocycles. The minimum atomic E-state index is -1.15. The Labute approximate surface area is 151 Å². The van der Waals surface area contributed by atoms with Crippen LogP contribution in [0.25, 0.3) is 12.2 Å². The fourth-order valence-electron chi connectivity index (χ4n) is 2.45. The Morgan fingerprint density at radius 2 is 2.16 bits per heavy atom. The van der Waals surface area contributed by atoms with Gasteiger partial charge in [-0.25, -0.2) is 4.99 Å². The van der Waals surface area contributed by atoms with Crippen LogP contribution in [0.5, 0.6) is 5.88 Å². The van der Waals surface area contributed by atoms with Gasteiger partial charge in [-0.1, -0.05) is 18.2 Å². The van der Waals surface area contributed by atoms with Crippen LogP contribution < -0.4 is 15.7 Å². The monoisotopic (exact) mass is 373 g/mol. The predicted molar refractivity (Wildman–Crippen MR) is 93.7 cm³/mol. The molecule has 1 aliphatic rings. The van der Waals surface area contributed by atoms with Crippen LogP contribution in [0.15, 0.2) is 34.8 Å². The summed E-state index contributed by atoms with van der Waals surface area (Å²) in [5.74, 6) is -1.62. The molecule has 1 aliphatic heterocycles. The lowest BCUT2D eigenvalue weighted by Crippen LogP contribution is -2.29. The zero-order chi connectivity index (χ0) is 18.0. The number of aliphatic carboxylic acids is 1. The van der Waals surface area contributed by atoms with Gasteiger partial charge in [-0.2, -0.15) is 0 Å². The maximum Gasteiger partial charge on any atom is 0.277 e. The van der Waals surface area contributed by atoms with E-state index in [9.17, 15) is 19.8 Å². The average molecular weight is 373 g/mol. The third kappa shape index (κ3) is 3.75. The highest BCUT2D eigenvalue weighted by Crippen LogP contribution is 2.29. The van der Waals surface area contributed by atoms with Gasteiger partial charge in [0.1, 0.15) is 0 Å². The lowest BCUT2D eigenvalue weighted by Gasteiger charge is -2.06. The fraction of sp³-hybridized carbons (Fsp3) is 0.176. The zero-order valence-electron chi connectivity index (χ0n) is 13.0. The minimum absolute atomic E-state index is 0.0825. The molecule has 0 aliphatic carbocycles. The zero-order valence-corrected chi connectivity index (χ0v) is 14.6. The molecule has 1 aromatic heterocycles. The van der Waals surface area contributed by atoms with E-state index in [-0.39, 0.29) is 24.8 Å². The lowest BCUT2D eigenvalue weighted by atomic mass is 10.1. The number of rotatable bonds is 5. The number of carbonyl (C=O) groups excluding carboxylic acids is 2. The number of carboxylic acid groups (broad SMARTS) is 1. The minimum Gasteiger partial charge on any atom is -0.550 e. The third-order valence-corrected chi connectivity index (χ3v) is 5.05. The molecule has 1 amide bonds. The summed E-state index contributed by atoms with van der Waals surface area (Å²) < 4.78 is 1.86. The summed E-state index contributed by atoms with van der Waals surface area (Å²) in [6.07, 6.45) is 3.44. The largest absolute Gasteiger partial charge is 0.550 e. The highest BCUT2D eigenvalue weighted by molar-refractivity contribution is 7.73. The number of aromatic hydroxyl groups is 1. The smallest absolute Gasteiger partial charge is 0.277 e. The number of carboxylic acids is 1. The first-order valence-electron chi connectivity index (χ1n) is 7.49. The van der Waals surface area contributed by atoms with Crippen LogP contribution in [-0.2, 0) is 16.1 Å². The van der Waals surface area contributed by atoms with Gasteiger partial charge in [-0.05, 0) is 43.3 Å². The molecule has 1 aromatic carbocycles. The van der Waals surface area contributed by atoms with Crippen LogP contribution in [-0.4, -0.2) is 21.6 Å². The summed E-state index contributed by atoms with van der Waals surface area (Å²) in [7, 11) is 0. The first kappa shape index (κ1) is 17.2. The molecule has 0 spiro atoms. The van der Waals surface area contributed by atoms with E-state index in [0.717, 1.165) is 16.6 Å². The summed E-state index contributed by atoms with van der Waals surface area (Å²) in [6.45, 7) is 0.267. The predicted octanol–water partition coefficient (Wildman–Crippen LogP) is 0.539. The highest BCUT2D eigenvalue weighted by Gasteiger charge is 2.15. The van der Waals surface area contributed by atoms with Crippen LogP contribution >= 0.6 is 23.6 Å². The summed E-state index contributed by atoms with van der Waals surface area (Å²) in [5.41, 5.74) is 0.354. The number of amides is 1. The molecule has 8 heteroatoms. The SMILES string of the molecule is O=C([O-])CCCn1c(O)c(/C=C2\C=c3ccccc3=NC2=O)sc1=S. The molecule has 6 nitrogen and oxygen atoms in total. The molecule has 0 fully saturated rings. The van der Waals surface area contributed by atoms with Gasteiger partial charge in [0.15, 0.2) is 3.95 Å². The number of nitrogens with zero attached hydrogens (tertiary/aromatic N) is 2. The Hall–Kier alpha value is -2.58. The van der Waals surface area contributed by atoms with Crippen LogP contribution in [0.1, 0.15) is 17.7 Å². The molecule has 128 valence electrons. The second-order valence-corrected chi connectivity index (χ2v) is 7.08. The number of aromatic nitrogens is 1. The van der Waals surface area contributed by atoms with Crippen molar-refractivity contribution < 1.29 is 19.8 Å². The Morgan fingerprint density at radius 1 is 1.40 bits per heavy atom. The van der Waals surface area contributed by atoms with E-state index in [1.165, 1.54) is 4.57 Å². The van der Waals surface area contributed by atoms with E-state index >= 15 is 0 Å². The second-order valence-electron chi connectivity index (χ2n) is 5.40. The number of para-hydroxylation sites is 1. The van der Waals surface area contributed by atoms with Gasteiger partial charge in [0.05, 0.1) is 10.2 Å². The van der Waals surface area contributed by atoms with Crippen LogP contribution in [0, 0.1) is 3.95 Å². The number of carbonyl (C=O) groups is 2. The van der Waals surface area contributed by atoms with Gasteiger partial charge in [0.2, 0.25) is 5.88 Å². The average Bonchev–Trinajstić information content (AvgIpc) is 2.82. The number of fused-ring (bicyclic) bond motifs is 1. The second kappa shape index (κ2) is 7.12. The van der Waals surface area contributed by atoms with E-state index in [1.54, 1.807) is 18.2 Å². The number of benzene rings is 1. The van der Waals surface area contributed by atoms with Crippen molar-refractivity contribution in [3.8, 4) is 5.88 Å². The van der Waals surface area contributed by atoms with E-state index < -0.39 is 5.97 Å². The summed E-state index contributed by atoms with van der Waals surface area (Å²) in [4.78, 5) is 27.1. The molecule has 2 aromatic rings. The summed E-state index contributed by atoms with van der Waals surface area (Å²) in [5, 5.41) is 22.3. The van der Waals surface area contributed by atoms with Gasteiger partial charge in [0.25, 0.3) is 5.91 Å². The quantitative estimate of drug-likeness (QED) is 0.610. The van der Waals surface area contributed by atoms with E-state index in [4.69, 9.17) is 12.2 Å². The standard InChI is InChI=1S/C17H14N2O4S2/c20-14(21)6-3-7-19-16(23)13(25-17(19)24)9-11-8-10-4-1-2-5-12(10)18-15(11)22/h1-2,4-5,8-9,23H,3,6-7H2,(H,20,21)/p-1/b11-9+. The normalized spacial score (nSPS) is 14.7. The van der Waals surface area contributed by atoms with Crippen molar-refractivity contribution in [2.45, 2.75) is 19.4 Å². The Balaban J connectivity index is 1.94. The molecule has 0 saturated heterocycles. The molecular weight excluding hydrogens is 360 g/mol. The van der Waals surface area contributed by atoms with E-state index in [2.05, 4.69) is 4.99 Å². The first-order valence-corrected chi connectivity index (χ1v) is 8.72. The molecule has 0 unspecified atom stereocenters. The van der Waals surface area contributed by atoms with Gasteiger partial charge < -0.3 is 15.0 Å². The van der Waals surface area contributed by atoms with Gasteiger partial charge in [0, 0.05) is 23.3 Å². The molecule has 0 atom stereocenters. The van der Waals surface area contributed by atoms with Gasteiger partial charge in [-0.3, -0.25) is 9.36 Å². The maximum atomic E-state index is 12.2. The molecule has 0 bridgehead atoms. The van der Waals surface area contributed by atoms with Crippen molar-refractivity contribution in [2.75, 3.05) is 0 Å². The Kier molecular flexibility index (Phi) is 4.91. The van der Waals surface area contributed by atoms with Gasteiger partial charge >= 0.3 is 0 Å². The van der Waals surface area contributed by atoms with Gasteiger partial charge in [-0.15, -0.1) is 11.3 Å². The summed E-state index contributed by atoms with van der Waals surface area (Å²) in [6, 6.07) is 7.28. The Bertz CT molecular complexity index is 1060. The third-order valence-electron chi connectivity index (χ3n) is 3.66. The van der Waals surface area contributed by atoms with Crippen molar-refractivity contribution in [1.29, 1.82) is 0 Å². The summed E-state index contributed by atoms with van der Waals surface area (Å²) >= 11 is 6.36. The van der Waals surface area contributed by atoms with E-state index in [1.807, 2.05) is 18.2 Å². The number of thiazole rings is 1. The van der Waals surface area contributed by atoms with Crippen molar-refractivity contribution >= 4 is 47.6 Å². The molecule has 1 N–H and O–H groups in total. The molecular formula is C17H13N2O4S2-. The van der Waals surface area contributed by atoms with Crippen LogP contribution in [0.3, 0.4) is 0 Å². The Morgan fingerprint density at radius 3 is 2.92 bits per heavy atom. The van der Waals surface area contributed by atoms with Crippen molar-refractivity contribution in [3.63, 3.8) is 0 Å². The van der Waals surface area contributed by atoms with Crippen molar-refractivity contribution in [1.82, 2.24) is 4.57 Å². The van der Waals surface area contributed by atoms with Crippen LogP contribution in [0.2, 0.25) is 0 Å². The highest BCUT2D eigenvalue weighted by atomic mass is 32.1. The lowest BCUT2D eigenvalue weighted by molar-refractivity contribution is -0.305. The fourth-order valence-corrected chi connectivity index (χ4v) is 3.76. The van der Waals surface area contributed by atoms with Crippen molar-refractivity contribution in [3.05, 3.63) is 49.2 Å². The molecule has 3 rings (SSSR count). The van der Waals surface area contributed by atoms with E-state index in [0.29, 0.717) is 26.2 Å². The topological polar surface area (TPSA) is 94.7 Å². The molecule has 0 radical (unpaired) electrons. The number of hydrogen-bond donors (Lipinski definition) is 1.